The van der Waals surface area contributed by atoms with Crippen LogP contribution in [0.4, 0.5) is 10.2 Å². The predicted octanol–water partition coefficient (Wildman–Crippen LogP) is 2.68. The molecule has 0 unspecified atom stereocenters. The van der Waals surface area contributed by atoms with E-state index in [2.05, 4.69) is 20.3 Å². The molecule has 0 fully saturated rings. The van der Waals surface area contributed by atoms with E-state index < -0.39 is 0 Å². The molecule has 2 N–H and O–H groups in total. The maximum absolute atomic E-state index is 13.1. The first-order valence-corrected chi connectivity index (χ1v) is 5.45. The van der Waals surface area contributed by atoms with Gasteiger partial charge in [-0.15, -0.1) is 0 Å². The monoisotopic (exact) mass is 230 g/mol. The van der Waals surface area contributed by atoms with Crippen LogP contribution in [0.25, 0.3) is 21.9 Å². The van der Waals surface area contributed by atoms with E-state index in [1.54, 1.807) is 6.07 Å². The van der Waals surface area contributed by atoms with Crippen molar-refractivity contribution < 1.29 is 4.39 Å². The van der Waals surface area contributed by atoms with E-state index in [1.807, 2.05) is 6.92 Å². The number of H-pyrrole nitrogens is 1. The Morgan fingerprint density at radius 1 is 1.35 bits per heavy atom. The van der Waals surface area contributed by atoms with Crippen LogP contribution in [-0.2, 0) is 0 Å². The zero-order chi connectivity index (χ0) is 11.8. The average Bonchev–Trinajstić information content (AvgIpc) is 2.67. The summed E-state index contributed by atoms with van der Waals surface area (Å²) < 4.78 is 13.1. The Labute approximate surface area is 96.9 Å². The molecule has 2 aromatic heterocycles. The minimum Gasteiger partial charge on any atom is -0.370 e. The van der Waals surface area contributed by atoms with Crippen molar-refractivity contribution in [2.75, 3.05) is 11.9 Å². The zero-order valence-electron chi connectivity index (χ0n) is 9.29. The van der Waals surface area contributed by atoms with Gasteiger partial charge in [-0.1, -0.05) is 0 Å². The van der Waals surface area contributed by atoms with E-state index in [0.717, 1.165) is 34.3 Å². The summed E-state index contributed by atoms with van der Waals surface area (Å²) in [4.78, 5) is 11.5. The fourth-order valence-corrected chi connectivity index (χ4v) is 2.00. The number of aromatic amines is 1. The highest BCUT2D eigenvalue weighted by Gasteiger charge is 2.10. The third kappa shape index (κ3) is 1.51. The van der Waals surface area contributed by atoms with Gasteiger partial charge in [0.25, 0.3) is 0 Å². The number of anilines is 1. The first-order chi connectivity index (χ1) is 8.29. The fourth-order valence-electron chi connectivity index (χ4n) is 2.00. The standard InChI is InChI=1S/C12H11FN4/c1-2-14-11-10-8-4-3-7(13)5-9(8)17-12(10)16-6-15-11/h3-6H,2H2,1H3,(H2,14,15,16,17). The van der Waals surface area contributed by atoms with E-state index in [9.17, 15) is 4.39 Å². The molecular formula is C12H11FN4. The molecule has 0 bridgehead atoms. The van der Waals surface area contributed by atoms with E-state index in [1.165, 1.54) is 18.5 Å². The van der Waals surface area contributed by atoms with E-state index >= 15 is 0 Å². The molecule has 0 saturated heterocycles. The fraction of sp³-hybridized carbons (Fsp3) is 0.167. The summed E-state index contributed by atoms with van der Waals surface area (Å²) >= 11 is 0. The van der Waals surface area contributed by atoms with Gasteiger partial charge in [0.15, 0.2) is 0 Å². The average molecular weight is 230 g/mol. The van der Waals surface area contributed by atoms with Crippen LogP contribution in [-0.4, -0.2) is 21.5 Å². The molecule has 0 radical (unpaired) electrons. The number of nitrogens with zero attached hydrogens (tertiary/aromatic N) is 2. The minimum absolute atomic E-state index is 0.262. The topological polar surface area (TPSA) is 53.6 Å². The molecule has 3 rings (SSSR count). The second-order valence-corrected chi connectivity index (χ2v) is 3.79. The van der Waals surface area contributed by atoms with Gasteiger partial charge in [-0.3, -0.25) is 0 Å². The third-order valence-electron chi connectivity index (χ3n) is 2.70. The van der Waals surface area contributed by atoms with E-state index in [-0.39, 0.29) is 5.82 Å². The number of fused-ring (bicyclic) bond motifs is 3. The molecule has 4 nitrogen and oxygen atoms in total. The molecule has 5 heteroatoms. The third-order valence-corrected chi connectivity index (χ3v) is 2.70. The largest absolute Gasteiger partial charge is 0.370 e. The highest BCUT2D eigenvalue weighted by Crippen LogP contribution is 2.28. The lowest BCUT2D eigenvalue weighted by molar-refractivity contribution is 0.629. The van der Waals surface area contributed by atoms with Gasteiger partial charge in [0.05, 0.1) is 10.9 Å². The lowest BCUT2D eigenvalue weighted by Crippen LogP contribution is -1.99. The Morgan fingerprint density at radius 3 is 3.06 bits per heavy atom. The Hall–Kier alpha value is -2.17. The van der Waals surface area contributed by atoms with Crippen LogP contribution < -0.4 is 5.32 Å². The Balaban J connectivity index is 2.40. The molecule has 0 amide bonds. The van der Waals surface area contributed by atoms with Gasteiger partial charge < -0.3 is 10.3 Å². The van der Waals surface area contributed by atoms with Crippen LogP contribution in [0.1, 0.15) is 6.92 Å². The van der Waals surface area contributed by atoms with Crippen molar-refractivity contribution in [3.05, 3.63) is 30.3 Å². The summed E-state index contributed by atoms with van der Waals surface area (Å²) in [6.45, 7) is 2.78. The number of aromatic nitrogens is 3. The van der Waals surface area contributed by atoms with Crippen LogP contribution in [0.2, 0.25) is 0 Å². The number of benzene rings is 1. The Bertz CT molecular complexity index is 689. The van der Waals surface area contributed by atoms with Gasteiger partial charge in [0.2, 0.25) is 0 Å². The maximum Gasteiger partial charge on any atom is 0.143 e. The van der Waals surface area contributed by atoms with Crippen LogP contribution in [0, 0.1) is 5.82 Å². The van der Waals surface area contributed by atoms with E-state index in [4.69, 9.17) is 0 Å². The zero-order valence-corrected chi connectivity index (χ0v) is 9.29. The summed E-state index contributed by atoms with van der Waals surface area (Å²) in [5, 5.41) is 5.01. The first kappa shape index (κ1) is 10.0. The molecule has 0 aliphatic heterocycles. The Kier molecular flexibility index (Phi) is 2.18. The molecule has 0 aliphatic carbocycles. The molecule has 1 aromatic carbocycles. The molecule has 17 heavy (non-hydrogen) atoms. The second-order valence-electron chi connectivity index (χ2n) is 3.79. The van der Waals surface area contributed by atoms with Crippen LogP contribution in [0.15, 0.2) is 24.5 Å². The number of hydrogen-bond donors (Lipinski definition) is 2. The van der Waals surface area contributed by atoms with Gasteiger partial charge >= 0.3 is 0 Å². The van der Waals surface area contributed by atoms with Crippen molar-refractivity contribution in [3.63, 3.8) is 0 Å². The quantitative estimate of drug-likeness (QED) is 0.711. The van der Waals surface area contributed by atoms with Gasteiger partial charge in [-0.25, -0.2) is 14.4 Å². The summed E-state index contributed by atoms with van der Waals surface area (Å²) in [5.41, 5.74) is 1.45. The van der Waals surface area contributed by atoms with Crippen molar-refractivity contribution in [1.29, 1.82) is 0 Å². The summed E-state index contributed by atoms with van der Waals surface area (Å²) in [6.07, 6.45) is 1.49. The Morgan fingerprint density at radius 2 is 2.24 bits per heavy atom. The molecule has 0 aliphatic rings. The highest BCUT2D eigenvalue weighted by molar-refractivity contribution is 6.10. The van der Waals surface area contributed by atoms with Crippen molar-refractivity contribution >= 4 is 27.8 Å². The minimum atomic E-state index is -0.262. The van der Waals surface area contributed by atoms with Gasteiger partial charge in [-0.05, 0) is 25.1 Å². The molecule has 2 heterocycles. The van der Waals surface area contributed by atoms with Gasteiger partial charge in [0, 0.05) is 11.9 Å². The number of rotatable bonds is 2. The maximum atomic E-state index is 13.1. The second kappa shape index (κ2) is 3.69. The number of halogens is 1. The van der Waals surface area contributed by atoms with Crippen molar-refractivity contribution in [2.24, 2.45) is 0 Å². The van der Waals surface area contributed by atoms with Gasteiger partial charge in [0.1, 0.15) is 23.6 Å². The normalized spacial score (nSPS) is 11.2. The highest BCUT2D eigenvalue weighted by atomic mass is 19.1. The van der Waals surface area contributed by atoms with Crippen LogP contribution in [0.5, 0.6) is 0 Å². The number of nitrogens with one attached hydrogen (secondary N) is 2. The van der Waals surface area contributed by atoms with Crippen molar-refractivity contribution in [2.45, 2.75) is 6.92 Å². The summed E-state index contributed by atoms with van der Waals surface area (Å²) in [7, 11) is 0. The lowest BCUT2D eigenvalue weighted by atomic mass is 10.2. The van der Waals surface area contributed by atoms with Crippen molar-refractivity contribution in [3.8, 4) is 0 Å². The summed E-state index contributed by atoms with van der Waals surface area (Å²) in [6, 6.07) is 4.65. The molecule has 0 atom stereocenters. The summed E-state index contributed by atoms with van der Waals surface area (Å²) in [5.74, 6) is 0.511. The molecular weight excluding hydrogens is 219 g/mol. The van der Waals surface area contributed by atoms with Crippen LogP contribution >= 0.6 is 0 Å². The molecule has 0 saturated carbocycles. The predicted molar refractivity (Wildman–Crippen MR) is 65.5 cm³/mol. The van der Waals surface area contributed by atoms with Gasteiger partial charge in [-0.2, -0.15) is 0 Å². The smallest absolute Gasteiger partial charge is 0.143 e. The lowest BCUT2D eigenvalue weighted by Gasteiger charge is -2.02. The SMILES string of the molecule is CCNc1ncnc2[nH]c3cc(F)ccc3c12. The van der Waals surface area contributed by atoms with Crippen molar-refractivity contribution in [1.82, 2.24) is 15.0 Å². The number of hydrogen-bond acceptors (Lipinski definition) is 3. The molecule has 0 spiro atoms. The van der Waals surface area contributed by atoms with E-state index in [0.29, 0.717) is 0 Å². The first-order valence-electron chi connectivity index (χ1n) is 5.45. The molecule has 86 valence electrons. The molecule has 3 aromatic rings. The van der Waals surface area contributed by atoms with Crippen LogP contribution in [0.3, 0.4) is 0 Å².